The Balaban J connectivity index is 1.45. The van der Waals surface area contributed by atoms with Crippen LogP contribution in [0.25, 0.3) is 11.3 Å². The van der Waals surface area contributed by atoms with Gasteiger partial charge in [-0.3, -0.25) is 9.36 Å². The molecule has 0 aliphatic heterocycles. The van der Waals surface area contributed by atoms with Gasteiger partial charge < -0.3 is 9.30 Å². The van der Waals surface area contributed by atoms with Crippen LogP contribution in [-0.4, -0.2) is 21.0 Å². The summed E-state index contributed by atoms with van der Waals surface area (Å²) in [5.74, 6) is 0.606. The summed E-state index contributed by atoms with van der Waals surface area (Å²) in [5.41, 5.74) is 4.96. The van der Waals surface area contributed by atoms with Crippen LogP contribution in [0.2, 0.25) is 4.34 Å². The van der Waals surface area contributed by atoms with Crippen molar-refractivity contribution >= 4 is 34.3 Å². The van der Waals surface area contributed by atoms with Crippen molar-refractivity contribution in [2.24, 2.45) is 0 Å². The Bertz CT molecular complexity index is 1270. The van der Waals surface area contributed by atoms with Gasteiger partial charge in [0.25, 0.3) is 5.56 Å². The van der Waals surface area contributed by atoms with E-state index < -0.39 is 0 Å². The highest BCUT2D eigenvalue weighted by Crippen LogP contribution is 2.41. The van der Waals surface area contributed by atoms with Crippen LogP contribution in [0.5, 0.6) is 0 Å². The first-order valence-corrected chi connectivity index (χ1v) is 10.9. The minimum atomic E-state index is -0.0573. The van der Waals surface area contributed by atoms with E-state index in [0.29, 0.717) is 12.5 Å². The quantitative estimate of drug-likeness (QED) is 0.451. The monoisotopic (exact) mass is 424 g/mol. The molecule has 0 bridgehead atoms. The van der Waals surface area contributed by atoms with E-state index >= 15 is 0 Å². The van der Waals surface area contributed by atoms with Crippen LogP contribution in [0.3, 0.4) is 0 Å². The van der Waals surface area contributed by atoms with Crippen LogP contribution in [0.15, 0.2) is 53.6 Å². The van der Waals surface area contributed by atoms with E-state index in [4.69, 9.17) is 16.6 Å². The molecule has 5 rings (SSSR count). The number of hydrogen-bond donors (Lipinski definition) is 0. The Hall–Kier alpha value is -2.57. The van der Waals surface area contributed by atoms with Crippen molar-refractivity contribution in [1.82, 2.24) is 14.0 Å². The van der Waals surface area contributed by atoms with Gasteiger partial charge in [0.2, 0.25) is 0 Å². The highest BCUT2D eigenvalue weighted by molar-refractivity contribution is 7.16. The highest BCUT2D eigenvalue weighted by Gasteiger charge is 2.28. The van der Waals surface area contributed by atoms with Gasteiger partial charge in [-0.2, -0.15) is 0 Å². The molecule has 5 nitrogen and oxygen atoms in total. The number of aromatic nitrogens is 3. The van der Waals surface area contributed by atoms with E-state index in [-0.39, 0.29) is 5.56 Å². The molecule has 0 amide bonds. The molecular formula is C22H21ClN4OS. The Labute approximate surface area is 177 Å². The number of pyridine rings is 2. The summed E-state index contributed by atoms with van der Waals surface area (Å²) >= 11 is 7.58. The second-order valence-corrected chi connectivity index (χ2v) is 9.43. The summed E-state index contributed by atoms with van der Waals surface area (Å²) in [6.07, 6.45) is 6.29. The zero-order chi connectivity index (χ0) is 20.1. The lowest BCUT2D eigenvalue weighted by Gasteiger charge is -2.19. The fourth-order valence-electron chi connectivity index (χ4n) is 3.74. The van der Waals surface area contributed by atoms with Crippen LogP contribution in [0, 0.1) is 6.92 Å². The third-order valence-electron chi connectivity index (χ3n) is 5.49. The van der Waals surface area contributed by atoms with E-state index in [1.807, 2.05) is 49.8 Å². The van der Waals surface area contributed by atoms with Gasteiger partial charge in [0.15, 0.2) is 0 Å². The van der Waals surface area contributed by atoms with Crippen molar-refractivity contribution < 1.29 is 0 Å². The first kappa shape index (κ1) is 18.5. The van der Waals surface area contributed by atoms with Crippen molar-refractivity contribution in [3.8, 4) is 5.69 Å². The predicted molar refractivity (Wildman–Crippen MR) is 119 cm³/mol. The number of hydrogen-bond acceptors (Lipinski definition) is 4. The molecule has 0 N–H and O–H groups in total. The van der Waals surface area contributed by atoms with Gasteiger partial charge in [-0.25, -0.2) is 4.98 Å². The number of fused-ring (bicyclic) bond motifs is 1. The van der Waals surface area contributed by atoms with Crippen molar-refractivity contribution in [3.05, 3.63) is 79.7 Å². The minimum Gasteiger partial charge on any atom is -0.369 e. The van der Waals surface area contributed by atoms with E-state index in [2.05, 4.69) is 16.2 Å². The molecule has 1 fully saturated rings. The van der Waals surface area contributed by atoms with Crippen LogP contribution in [0.4, 0.5) is 5.69 Å². The van der Waals surface area contributed by atoms with Crippen molar-refractivity contribution in [2.75, 3.05) is 11.9 Å². The van der Waals surface area contributed by atoms with Gasteiger partial charge in [0, 0.05) is 47.7 Å². The molecule has 4 heterocycles. The first-order valence-electron chi connectivity index (χ1n) is 9.66. The summed E-state index contributed by atoms with van der Waals surface area (Å²) in [4.78, 5) is 20.8. The molecule has 7 heteroatoms. The van der Waals surface area contributed by atoms with Gasteiger partial charge in [0.05, 0.1) is 22.3 Å². The number of rotatable bonds is 5. The SMILES string of the molecule is Cc1c(C2CC2)nc2ccc(-n3ccc(N(C)Cc4ccc(Cl)s4)cc3=O)cn12. The average molecular weight is 425 g/mol. The molecule has 148 valence electrons. The van der Waals surface area contributed by atoms with Crippen LogP contribution < -0.4 is 10.5 Å². The molecule has 0 radical (unpaired) electrons. The third kappa shape index (κ3) is 3.47. The zero-order valence-corrected chi connectivity index (χ0v) is 17.9. The maximum absolute atomic E-state index is 12.8. The molecule has 0 spiro atoms. The maximum atomic E-state index is 12.8. The van der Waals surface area contributed by atoms with E-state index in [0.717, 1.165) is 26.2 Å². The first-order chi connectivity index (χ1) is 14.0. The Morgan fingerprint density at radius 2 is 2.07 bits per heavy atom. The summed E-state index contributed by atoms with van der Waals surface area (Å²) in [6.45, 7) is 2.82. The summed E-state index contributed by atoms with van der Waals surface area (Å²) < 4.78 is 4.55. The minimum absolute atomic E-state index is 0.0573. The average Bonchev–Trinajstić information content (AvgIpc) is 3.39. The predicted octanol–water partition coefficient (Wildman–Crippen LogP) is 5.02. The zero-order valence-electron chi connectivity index (χ0n) is 16.3. The molecule has 4 aromatic rings. The molecule has 0 unspecified atom stereocenters. The summed E-state index contributed by atoms with van der Waals surface area (Å²) in [6, 6.07) is 11.5. The van der Waals surface area contributed by atoms with Gasteiger partial charge in [-0.1, -0.05) is 11.6 Å². The lowest BCUT2D eigenvalue weighted by Crippen LogP contribution is -2.22. The second-order valence-electron chi connectivity index (χ2n) is 7.63. The second kappa shape index (κ2) is 7.04. The molecule has 1 aliphatic carbocycles. The third-order valence-corrected chi connectivity index (χ3v) is 6.70. The van der Waals surface area contributed by atoms with Crippen LogP contribution in [-0.2, 0) is 6.54 Å². The van der Waals surface area contributed by atoms with Gasteiger partial charge in [0.1, 0.15) is 5.65 Å². The fourth-order valence-corrected chi connectivity index (χ4v) is 4.88. The topological polar surface area (TPSA) is 42.5 Å². The molecule has 1 aliphatic rings. The molecular weight excluding hydrogens is 404 g/mol. The van der Waals surface area contributed by atoms with Crippen LogP contribution in [0.1, 0.15) is 35.0 Å². The van der Waals surface area contributed by atoms with Crippen molar-refractivity contribution in [3.63, 3.8) is 0 Å². The summed E-state index contributed by atoms with van der Waals surface area (Å²) in [7, 11) is 1.98. The standard InChI is InChI=1S/C22H21ClN4OS/c1-14-22(15-3-4-15)24-20-8-5-17(12-27(14)20)26-10-9-16(11-21(26)28)25(2)13-18-6-7-19(23)29-18/h5-12,15H,3-4,13H2,1-2H3. The lowest BCUT2D eigenvalue weighted by molar-refractivity contribution is 0.912. The number of thiophene rings is 1. The largest absolute Gasteiger partial charge is 0.369 e. The van der Waals surface area contributed by atoms with Gasteiger partial charge in [-0.15, -0.1) is 11.3 Å². The molecule has 0 saturated heterocycles. The molecule has 0 atom stereocenters. The Morgan fingerprint density at radius 1 is 1.24 bits per heavy atom. The van der Waals surface area contributed by atoms with E-state index in [1.54, 1.807) is 22.0 Å². The van der Waals surface area contributed by atoms with Crippen molar-refractivity contribution in [1.29, 1.82) is 0 Å². The fraction of sp³-hybridized carbons (Fsp3) is 0.273. The van der Waals surface area contributed by atoms with E-state index in [9.17, 15) is 4.79 Å². The summed E-state index contributed by atoms with van der Waals surface area (Å²) in [5, 5.41) is 0. The van der Waals surface area contributed by atoms with Gasteiger partial charge >= 0.3 is 0 Å². The van der Waals surface area contributed by atoms with Gasteiger partial charge in [-0.05, 0) is 50.1 Å². The Kier molecular flexibility index (Phi) is 4.48. The number of imidazole rings is 1. The van der Waals surface area contributed by atoms with Crippen LogP contribution >= 0.6 is 22.9 Å². The number of anilines is 1. The molecule has 4 aromatic heterocycles. The number of nitrogens with zero attached hydrogens (tertiary/aromatic N) is 4. The lowest BCUT2D eigenvalue weighted by atomic mass is 10.2. The number of aryl methyl sites for hydroxylation is 1. The highest BCUT2D eigenvalue weighted by atomic mass is 35.5. The van der Waals surface area contributed by atoms with E-state index in [1.165, 1.54) is 24.2 Å². The smallest absolute Gasteiger partial charge is 0.257 e. The molecule has 29 heavy (non-hydrogen) atoms. The molecule has 0 aromatic carbocycles. The van der Waals surface area contributed by atoms with Crippen molar-refractivity contribution in [2.45, 2.75) is 32.2 Å². The normalized spacial score (nSPS) is 13.9. The number of halogens is 1. The maximum Gasteiger partial charge on any atom is 0.257 e. The Morgan fingerprint density at radius 3 is 2.76 bits per heavy atom. The molecule has 1 saturated carbocycles.